The molecule has 1 unspecified atom stereocenters. The number of benzene rings is 2. The maximum atomic E-state index is 5.95. The first kappa shape index (κ1) is 18.9. The SMILES string of the molecule is CCC(C)Cc1ccc(C2COC(c3ccc(N=C=S)cc3)OC2)cc1. The van der Waals surface area contributed by atoms with Crippen molar-refractivity contribution in [3.05, 3.63) is 65.2 Å². The van der Waals surface area contributed by atoms with Crippen molar-refractivity contribution in [3.63, 3.8) is 0 Å². The summed E-state index contributed by atoms with van der Waals surface area (Å²) in [4.78, 5) is 3.96. The van der Waals surface area contributed by atoms with Crippen LogP contribution < -0.4 is 0 Å². The van der Waals surface area contributed by atoms with Gasteiger partial charge in [0.1, 0.15) is 0 Å². The van der Waals surface area contributed by atoms with E-state index >= 15 is 0 Å². The molecule has 136 valence electrons. The van der Waals surface area contributed by atoms with Crippen LogP contribution in [0.4, 0.5) is 5.69 Å². The second kappa shape index (κ2) is 9.20. The third-order valence-electron chi connectivity index (χ3n) is 4.97. The third kappa shape index (κ3) is 4.87. The van der Waals surface area contributed by atoms with Crippen LogP contribution in [-0.2, 0) is 15.9 Å². The molecule has 1 heterocycles. The summed E-state index contributed by atoms with van der Waals surface area (Å²) in [7, 11) is 0. The maximum Gasteiger partial charge on any atom is 0.183 e. The average molecular weight is 368 g/mol. The van der Waals surface area contributed by atoms with Gasteiger partial charge in [-0.2, -0.15) is 4.99 Å². The predicted octanol–water partition coefficient (Wildman–Crippen LogP) is 5.84. The summed E-state index contributed by atoms with van der Waals surface area (Å²) < 4.78 is 11.9. The van der Waals surface area contributed by atoms with Crippen LogP contribution in [0.5, 0.6) is 0 Å². The van der Waals surface area contributed by atoms with E-state index in [1.807, 2.05) is 24.3 Å². The van der Waals surface area contributed by atoms with Crippen LogP contribution in [0.2, 0.25) is 0 Å². The molecular weight excluding hydrogens is 342 g/mol. The van der Waals surface area contributed by atoms with Crippen molar-refractivity contribution < 1.29 is 9.47 Å². The highest BCUT2D eigenvalue weighted by molar-refractivity contribution is 7.78. The Morgan fingerprint density at radius 2 is 1.65 bits per heavy atom. The number of isothiocyanates is 1. The summed E-state index contributed by atoms with van der Waals surface area (Å²) in [6.07, 6.45) is 2.04. The number of thiocarbonyl (C=S) groups is 1. The Kier molecular flexibility index (Phi) is 6.70. The lowest BCUT2D eigenvalue weighted by Gasteiger charge is -2.30. The normalized spacial score (nSPS) is 21.0. The molecule has 4 heteroatoms. The van der Waals surface area contributed by atoms with E-state index in [-0.39, 0.29) is 12.2 Å². The average Bonchev–Trinajstić information content (AvgIpc) is 2.69. The highest BCUT2D eigenvalue weighted by atomic mass is 32.1. The molecule has 0 aromatic heterocycles. The van der Waals surface area contributed by atoms with Crippen molar-refractivity contribution in [3.8, 4) is 0 Å². The first-order valence-electron chi connectivity index (χ1n) is 9.19. The summed E-state index contributed by atoms with van der Waals surface area (Å²) in [5.74, 6) is 1.01. The Hall–Kier alpha value is -1.84. The molecule has 1 aliphatic rings. The molecule has 1 fully saturated rings. The standard InChI is InChI=1S/C22H25NO2S/c1-3-16(2)12-17-4-6-18(7-5-17)20-13-24-22(25-14-20)19-8-10-21(11-9-19)23-15-26/h4-11,16,20,22H,3,12-14H2,1-2H3. The van der Waals surface area contributed by atoms with E-state index in [9.17, 15) is 0 Å². The molecule has 3 nitrogen and oxygen atoms in total. The van der Waals surface area contributed by atoms with Gasteiger partial charge in [0.2, 0.25) is 0 Å². The zero-order valence-electron chi connectivity index (χ0n) is 15.4. The van der Waals surface area contributed by atoms with Crippen molar-refractivity contribution >= 4 is 23.1 Å². The first-order chi connectivity index (χ1) is 12.7. The molecule has 0 aliphatic carbocycles. The molecule has 0 saturated carbocycles. The van der Waals surface area contributed by atoms with Crippen LogP contribution in [0.15, 0.2) is 53.5 Å². The predicted molar refractivity (Wildman–Crippen MR) is 108 cm³/mol. The fraction of sp³-hybridized carbons (Fsp3) is 0.409. The molecule has 0 spiro atoms. The van der Waals surface area contributed by atoms with Crippen LogP contribution in [-0.4, -0.2) is 18.4 Å². The minimum absolute atomic E-state index is 0.280. The summed E-state index contributed by atoms with van der Waals surface area (Å²) in [6.45, 7) is 5.86. The van der Waals surface area contributed by atoms with Gasteiger partial charge in [-0.25, -0.2) is 0 Å². The van der Waals surface area contributed by atoms with Gasteiger partial charge < -0.3 is 9.47 Å². The molecule has 1 aliphatic heterocycles. The second-order valence-corrected chi connectivity index (χ2v) is 7.13. The zero-order valence-corrected chi connectivity index (χ0v) is 16.2. The molecular formula is C22H25NO2S. The summed E-state index contributed by atoms with van der Waals surface area (Å²) in [5, 5.41) is 2.37. The van der Waals surface area contributed by atoms with Gasteiger partial charge in [-0.05, 0) is 47.8 Å². The molecule has 0 bridgehead atoms. The zero-order chi connectivity index (χ0) is 18.4. The molecule has 0 N–H and O–H groups in total. The Bertz CT molecular complexity index is 743. The van der Waals surface area contributed by atoms with E-state index in [1.54, 1.807) is 0 Å². The molecule has 0 amide bonds. The van der Waals surface area contributed by atoms with Gasteiger partial charge in [-0.1, -0.05) is 56.7 Å². The summed E-state index contributed by atoms with van der Waals surface area (Å²) >= 11 is 4.62. The highest BCUT2D eigenvalue weighted by Crippen LogP contribution is 2.31. The summed E-state index contributed by atoms with van der Waals surface area (Å²) in [5.41, 5.74) is 4.46. The van der Waals surface area contributed by atoms with Crippen LogP contribution in [0.25, 0.3) is 0 Å². The molecule has 1 atom stereocenters. The topological polar surface area (TPSA) is 30.8 Å². The molecule has 2 aromatic carbocycles. The molecule has 3 rings (SSSR count). The monoisotopic (exact) mass is 367 g/mol. The van der Waals surface area contributed by atoms with Gasteiger partial charge in [0.05, 0.1) is 24.1 Å². The fourth-order valence-electron chi connectivity index (χ4n) is 3.12. The Balaban J connectivity index is 1.57. The van der Waals surface area contributed by atoms with Gasteiger partial charge in [-0.3, -0.25) is 0 Å². The largest absolute Gasteiger partial charge is 0.348 e. The van der Waals surface area contributed by atoms with Gasteiger partial charge >= 0.3 is 0 Å². The number of nitrogens with zero attached hydrogens (tertiary/aromatic N) is 1. The third-order valence-corrected chi connectivity index (χ3v) is 5.06. The van der Waals surface area contributed by atoms with E-state index < -0.39 is 0 Å². The summed E-state index contributed by atoms with van der Waals surface area (Å²) in [6, 6.07) is 16.6. The molecule has 0 radical (unpaired) electrons. The number of rotatable bonds is 6. The van der Waals surface area contributed by atoms with Gasteiger partial charge in [-0.15, -0.1) is 0 Å². The van der Waals surface area contributed by atoms with E-state index in [0.717, 1.165) is 23.6 Å². The van der Waals surface area contributed by atoms with E-state index in [2.05, 4.69) is 60.5 Å². The van der Waals surface area contributed by atoms with Crippen LogP contribution in [0.1, 0.15) is 49.2 Å². The number of hydrogen-bond donors (Lipinski definition) is 0. The Labute approximate surface area is 161 Å². The van der Waals surface area contributed by atoms with E-state index in [4.69, 9.17) is 9.47 Å². The lowest BCUT2D eigenvalue weighted by molar-refractivity contribution is -0.191. The first-order valence-corrected chi connectivity index (χ1v) is 9.60. The minimum Gasteiger partial charge on any atom is -0.348 e. The smallest absolute Gasteiger partial charge is 0.183 e. The Morgan fingerprint density at radius 3 is 2.23 bits per heavy atom. The van der Waals surface area contributed by atoms with Crippen LogP contribution in [0, 0.1) is 5.92 Å². The molecule has 26 heavy (non-hydrogen) atoms. The van der Waals surface area contributed by atoms with E-state index in [1.165, 1.54) is 17.5 Å². The maximum absolute atomic E-state index is 5.95. The highest BCUT2D eigenvalue weighted by Gasteiger charge is 2.24. The van der Waals surface area contributed by atoms with Crippen molar-refractivity contribution in [1.82, 2.24) is 0 Å². The fourth-order valence-corrected chi connectivity index (χ4v) is 3.22. The quantitative estimate of drug-likeness (QED) is 0.475. The Morgan fingerprint density at radius 1 is 1.04 bits per heavy atom. The van der Waals surface area contributed by atoms with Crippen molar-refractivity contribution in [2.75, 3.05) is 13.2 Å². The van der Waals surface area contributed by atoms with Gasteiger partial charge in [0.15, 0.2) is 6.29 Å². The molecule has 1 saturated heterocycles. The van der Waals surface area contributed by atoms with Crippen LogP contribution >= 0.6 is 12.2 Å². The lowest BCUT2D eigenvalue weighted by Crippen LogP contribution is -2.25. The second-order valence-electron chi connectivity index (χ2n) is 6.95. The van der Waals surface area contributed by atoms with Crippen molar-refractivity contribution in [2.45, 2.75) is 38.9 Å². The number of aliphatic imine (C=N–C) groups is 1. The minimum atomic E-state index is -0.318. The number of hydrogen-bond acceptors (Lipinski definition) is 4. The molecule has 2 aromatic rings. The van der Waals surface area contributed by atoms with Crippen LogP contribution in [0.3, 0.4) is 0 Å². The van der Waals surface area contributed by atoms with Gasteiger partial charge in [0, 0.05) is 11.5 Å². The van der Waals surface area contributed by atoms with Crippen molar-refractivity contribution in [2.24, 2.45) is 10.9 Å². The lowest BCUT2D eigenvalue weighted by atomic mass is 9.94. The van der Waals surface area contributed by atoms with E-state index in [0.29, 0.717) is 13.2 Å². The van der Waals surface area contributed by atoms with Gasteiger partial charge in [0.25, 0.3) is 0 Å². The number of ether oxygens (including phenoxy) is 2. The van der Waals surface area contributed by atoms with Crippen molar-refractivity contribution in [1.29, 1.82) is 0 Å².